The molecular weight excluding hydrogens is 600 g/mol. The highest BCUT2D eigenvalue weighted by molar-refractivity contribution is 6.48. The number of carbonyl (C=O) groups excluding carboxylic acids is 4. The second kappa shape index (κ2) is 14.5. The third-order valence-electron chi connectivity index (χ3n) is 8.75. The van der Waals surface area contributed by atoms with E-state index >= 15 is 0 Å². The van der Waals surface area contributed by atoms with Gasteiger partial charge in [-0.2, -0.15) is 0 Å². The van der Waals surface area contributed by atoms with Crippen LogP contribution in [0.4, 0.5) is 5.69 Å². The molecule has 1 N–H and O–H groups in total. The van der Waals surface area contributed by atoms with Crippen LogP contribution in [-0.2, 0) is 19.7 Å². The molecule has 2 fully saturated rings. The molecule has 0 saturated carbocycles. The van der Waals surface area contributed by atoms with Gasteiger partial charge >= 0.3 is 0 Å². The summed E-state index contributed by atoms with van der Waals surface area (Å²) >= 11 is 0. The summed E-state index contributed by atoms with van der Waals surface area (Å²) in [6.45, 7) is 13.5. The van der Waals surface area contributed by atoms with Gasteiger partial charge in [0.2, 0.25) is 5.91 Å². The van der Waals surface area contributed by atoms with Crippen molar-refractivity contribution in [2.45, 2.75) is 33.1 Å². The number of anilines is 1. The van der Waals surface area contributed by atoms with Gasteiger partial charge in [0.15, 0.2) is 5.75 Å². The first-order chi connectivity index (χ1) is 22.5. The van der Waals surface area contributed by atoms with E-state index in [9.17, 15) is 19.2 Å². The van der Waals surface area contributed by atoms with E-state index in [2.05, 4.69) is 10.2 Å². The van der Waals surface area contributed by atoms with Crippen LogP contribution in [0.25, 0.3) is 10.8 Å². The lowest BCUT2D eigenvalue weighted by Gasteiger charge is -2.35. The van der Waals surface area contributed by atoms with E-state index in [0.29, 0.717) is 57.1 Å². The Morgan fingerprint density at radius 1 is 0.851 bits per heavy atom. The normalized spacial score (nSPS) is 15.8. The van der Waals surface area contributed by atoms with Gasteiger partial charge in [-0.25, -0.2) is 0 Å². The highest BCUT2D eigenvalue weighted by Crippen LogP contribution is 2.37. The van der Waals surface area contributed by atoms with Crippen molar-refractivity contribution in [2.24, 2.45) is 0 Å². The molecule has 0 radical (unpaired) electrons. The van der Waals surface area contributed by atoms with E-state index in [1.54, 1.807) is 40.1 Å². The van der Waals surface area contributed by atoms with Gasteiger partial charge in [-0.05, 0) is 40.6 Å². The molecule has 2 aliphatic rings. The minimum atomic E-state index is -0.853. The van der Waals surface area contributed by atoms with Crippen LogP contribution in [0.2, 0.25) is 0 Å². The average Bonchev–Trinajstić information content (AvgIpc) is 3.07. The lowest BCUT2D eigenvalue weighted by molar-refractivity contribution is -0.130. The molecule has 47 heavy (non-hydrogen) atoms. The zero-order valence-corrected chi connectivity index (χ0v) is 27.9. The molecule has 11 nitrogen and oxygen atoms in total. The summed E-state index contributed by atoms with van der Waals surface area (Å²) in [6.07, 6.45) is 0. The fourth-order valence-electron chi connectivity index (χ4n) is 5.93. The maximum absolute atomic E-state index is 13.8. The van der Waals surface area contributed by atoms with E-state index in [1.165, 1.54) is 14.0 Å². The zero-order valence-electron chi connectivity index (χ0n) is 27.9. The van der Waals surface area contributed by atoms with Crippen LogP contribution in [-0.4, -0.2) is 111 Å². The van der Waals surface area contributed by atoms with Gasteiger partial charge in [0.05, 0.1) is 31.6 Å². The van der Waals surface area contributed by atoms with Crippen LogP contribution in [0, 0.1) is 0 Å². The topological polar surface area (TPSA) is 118 Å². The minimum Gasteiger partial charge on any atom is -0.494 e. The number of piperazine rings is 1. The molecule has 0 aromatic heterocycles. The minimum absolute atomic E-state index is 0.0298. The Bertz CT molecular complexity index is 1650. The van der Waals surface area contributed by atoms with E-state index < -0.39 is 11.7 Å². The maximum Gasteiger partial charge on any atom is 0.296 e. The number of hydrogen-bond acceptors (Lipinski definition) is 8. The van der Waals surface area contributed by atoms with Crippen LogP contribution in [0.15, 0.2) is 48.5 Å². The van der Waals surface area contributed by atoms with Crippen molar-refractivity contribution in [2.75, 3.05) is 78.1 Å². The van der Waals surface area contributed by atoms with Crippen molar-refractivity contribution >= 4 is 40.0 Å². The number of ether oxygens (including phenoxy) is 3. The van der Waals surface area contributed by atoms with Crippen molar-refractivity contribution in [3.05, 3.63) is 65.2 Å². The van der Waals surface area contributed by atoms with Crippen molar-refractivity contribution in [3.63, 3.8) is 0 Å². The van der Waals surface area contributed by atoms with Crippen LogP contribution < -0.4 is 14.8 Å². The van der Waals surface area contributed by atoms with Gasteiger partial charge in [0, 0.05) is 63.7 Å². The first-order valence-electron chi connectivity index (χ1n) is 16.1. The fraction of sp³-hybridized carbons (Fsp3) is 0.444. The summed E-state index contributed by atoms with van der Waals surface area (Å²) in [5.74, 6) is -1.07. The summed E-state index contributed by atoms with van der Waals surface area (Å²) in [4.78, 5) is 58.6. The van der Waals surface area contributed by atoms with E-state index in [1.807, 2.05) is 39.0 Å². The monoisotopic (exact) mass is 644 g/mol. The second-order valence-electron chi connectivity index (χ2n) is 12.9. The van der Waals surface area contributed by atoms with E-state index in [4.69, 9.17) is 14.2 Å². The molecule has 0 unspecified atom stereocenters. The molecule has 250 valence electrons. The molecule has 2 aliphatic heterocycles. The van der Waals surface area contributed by atoms with Gasteiger partial charge in [-0.15, -0.1) is 0 Å². The predicted molar refractivity (Wildman–Crippen MR) is 180 cm³/mol. The smallest absolute Gasteiger partial charge is 0.296 e. The van der Waals surface area contributed by atoms with Gasteiger partial charge in [-0.3, -0.25) is 24.1 Å². The molecule has 2 saturated heterocycles. The number of Topliss-reactive ketones (excluding diaryl/α,β-unsaturated/α-hetero) is 1. The Kier molecular flexibility index (Phi) is 10.5. The molecular formula is C36H44N4O7. The Labute approximate surface area is 275 Å². The molecule has 0 atom stereocenters. The lowest BCUT2D eigenvalue weighted by atomic mass is 9.85. The number of fused-ring (bicyclic) bond motifs is 1. The first kappa shape index (κ1) is 33.9. The van der Waals surface area contributed by atoms with E-state index in [-0.39, 0.29) is 39.8 Å². The largest absolute Gasteiger partial charge is 0.494 e. The lowest BCUT2D eigenvalue weighted by Crippen LogP contribution is -2.50. The van der Waals surface area contributed by atoms with Crippen LogP contribution in [0.1, 0.15) is 54.0 Å². The number of ketones is 1. The number of rotatable bonds is 9. The number of morpholine rings is 1. The van der Waals surface area contributed by atoms with Gasteiger partial charge in [-0.1, -0.05) is 45.0 Å². The molecule has 0 aliphatic carbocycles. The predicted octanol–water partition coefficient (Wildman–Crippen LogP) is 3.98. The molecule has 3 aromatic carbocycles. The molecule has 3 aromatic rings. The molecule has 0 spiro atoms. The quantitative estimate of drug-likeness (QED) is 0.275. The van der Waals surface area contributed by atoms with Gasteiger partial charge in [0.25, 0.3) is 17.6 Å². The maximum atomic E-state index is 13.8. The second-order valence-corrected chi connectivity index (χ2v) is 12.9. The SMILES string of the molecule is COc1c(NC(=O)C(=O)c2ccc(OCCN3CCOCC3)c3ccccc23)cc(C(C)(C)C)cc1C(=O)N1CCN(C(C)=O)CC1. The van der Waals surface area contributed by atoms with E-state index in [0.717, 1.165) is 30.6 Å². The third-order valence-corrected chi connectivity index (χ3v) is 8.75. The molecule has 0 bridgehead atoms. The van der Waals surface area contributed by atoms with Crippen molar-refractivity contribution < 1.29 is 33.4 Å². The van der Waals surface area contributed by atoms with Gasteiger partial charge in [0.1, 0.15) is 12.4 Å². The highest BCUT2D eigenvalue weighted by Gasteiger charge is 2.30. The van der Waals surface area contributed by atoms with Crippen LogP contribution in [0.5, 0.6) is 11.5 Å². The fourth-order valence-corrected chi connectivity index (χ4v) is 5.93. The summed E-state index contributed by atoms with van der Waals surface area (Å²) in [6, 6.07) is 14.2. The number of hydrogen-bond donors (Lipinski definition) is 1. The zero-order chi connectivity index (χ0) is 33.7. The first-order valence-corrected chi connectivity index (χ1v) is 16.1. The molecule has 5 rings (SSSR count). The molecule has 2 heterocycles. The number of methoxy groups -OCH3 is 1. The number of benzene rings is 3. The number of nitrogens with one attached hydrogen (secondary N) is 1. The molecule has 3 amide bonds. The average molecular weight is 645 g/mol. The van der Waals surface area contributed by atoms with Gasteiger partial charge < -0.3 is 29.3 Å². The summed E-state index contributed by atoms with van der Waals surface area (Å²) in [5.41, 5.74) is 1.16. The van der Waals surface area contributed by atoms with Crippen molar-refractivity contribution in [3.8, 4) is 11.5 Å². The summed E-state index contributed by atoms with van der Waals surface area (Å²) in [7, 11) is 1.43. The number of carbonyl (C=O) groups is 4. The summed E-state index contributed by atoms with van der Waals surface area (Å²) in [5, 5.41) is 4.10. The third kappa shape index (κ3) is 7.74. The van der Waals surface area contributed by atoms with Crippen LogP contribution in [0.3, 0.4) is 0 Å². The Morgan fingerprint density at radius 2 is 1.51 bits per heavy atom. The Hall–Kier alpha value is -4.48. The van der Waals surface area contributed by atoms with Crippen molar-refractivity contribution in [1.82, 2.24) is 14.7 Å². The Balaban J connectivity index is 1.39. The number of nitrogens with zero attached hydrogens (tertiary/aromatic N) is 3. The Morgan fingerprint density at radius 3 is 2.15 bits per heavy atom. The standard InChI is InChI=1S/C36H44N4O7/c1-24(41)39-12-14-40(15-13-39)35(44)29-22-25(36(2,3)4)23-30(33(29)45-5)37-34(43)32(42)28-10-11-31(27-9-7-6-8-26(27)28)47-21-18-38-16-19-46-20-17-38/h6-11,22-23H,12-21H2,1-5H3,(H,37,43). The highest BCUT2D eigenvalue weighted by atomic mass is 16.5. The van der Waals surface area contributed by atoms with Crippen molar-refractivity contribution in [1.29, 1.82) is 0 Å². The van der Waals surface area contributed by atoms with Crippen LogP contribution >= 0.6 is 0 Å². The molecule has 11 heteroatoms. The number of amides is 3. The summed E-state index contributed by atoms with van der Waals surface area (Å²) < 4.78 is 17.2.